The Morgan fingerprint density at radius 1 is 1.00 bits per heavy atom. The molecule has 1 aliphatic heterocycles. The quantitative estimate of drug-likeness (QED) is 0.387. The van der Waals surface area contributed by atoms with Crippen LogP contribution in [0.3, 0.4) is 0 Å². The number of aliphatic hydroxyl groups is 1. The fourth-order valence-electron chi connectivity index (χ4n) is 3.68. The van der Waals surface area contributed by atoms with Crippen molar-refractivity contribution >= 4 is 23.1 Å². The number of aliphatic hydroxyl groups excluding tert-OH is 1. The summed E-state index contributed by atoms with van der Waals surface area (Å²) in [6.45, 7) is 0. The van der Waals surface area contributed by atoms with Gasteiger partial charge in [-0.3, -0.25) is 19.5 Å². The monoisotopic (exact) mass is 416 g/mol. The molecule has 156 valence electrons. The van der Waals surface area contributed by atoms with Crippen molar-refractivity contribution in [1.82, 2.24) is 4.98 Å². The lowest BCUT2D eigenvalue weighted by Crippen LogP contribution is -2.29. The first-order chi connectivity index (χ1) is 15.1. The number of Topliss-reactive ketones (excluding diaryl/α,β-unsaturated/α-hetero) is 1. The van der Waals surface area contributed by atoms with Gasteiger partial charge >= 0.3 is 0 Å². The fourth-order valence-corrected chi connectivity index (χ4v) is 3.68. The number of pyridine rings is 1. The van der Waals surface area contributed by atoms with Crippen LogP contribution < -0.4 is 14.4 Å². The average Bonchev–Trinajstić information content (AvgIpc) is 3.09. The number of anilines is 1. The summed E-state index contributed by atoms with van der Waals surface area (Å²) >= 11 is 0. The van der Waals surface area contributed by atoms with Crippen LogP contribution in [-0.4, -0.2) is 36.0 Å². The SMILES string of the molecule is COc1ccc(/C(O)=C2/C(=O)C(=O)N(c3ccccc3)C2c2cccnc2)c(OC)c1. The molecule has 1 amide bonds. The van der Waals surface area contributed by atoms with Crippen molar-refractivity contribution in [1.29, 1.82) is 0 Å². The Labute approximate surface area is 179 Å². The predicted octanol–water partition coefficient (Wildman–Crippen LogP) is 3.73. The van der Waals surface area contributed by atoms with Gasteiger partial charge in [-0.15, -0.1) is 0 Å². The lowest BCUT2D eigenvalue weighted by molar-refractivity contribution is -0.132. The minimum absolute atomic E-state index is 0.0367. The summed E-state index contributed by atoms with van der Waals surface area (Å²) in [5.74, 6) is -0.998. The zero-order chi connectivity index (χ0) is 22.0. The summed E-state index contributed by atoms with van der Waals surface area (Å²) in [5.41, 5.74) is 1.38. The van der Waals surface area contributed by atoms with Gasteiger partial charge in [-0.25, -0.2) is 0 Å². The second-order valence-corrected chi connectivity index (χ2v) is 6.86. The van der Waals surface area contributed by atoms with Gasteiger partial charge in [0.25, 0.3) is 11.7 Å². The number of carbonyl (C=O) groups is 2. The zero-order valence-corrected chi connectivity index (χ0v) is 17.0. The van der Waals surface area contributed by atoms with Gasteiger partial charge in [0.15, 0.2) is 0 Å². The van der Waals surface area contributed by atoms with E-state index in [2.05, 4.69) is 4.98 Å². The molecule has 0 saturated carbocycles. The normalized spacial score (nSPS) is 17.6. The van der Waals surface area contributed by atoms with E-state index in [4.69, 9.17) is 9.47 Å². The second-order valence-electron chi connectivity index (χ2n) is 6.86. The Morgan fingerprint density at radius 2 is 1.77 bits per heavy atom. The molecule has 1 aromatic heterocycles. The first-order valence-corrected chi connectivity index (χ1v) is 9.55. The van der Waals surface area contributed by atoms with Crippen molar-refractivity contribution in [3.8, 4) is 11.5 Å². The number of hydrogen-bond donors (Lipinski definition) is 1. The summed E-state index contributed by atoms with van der Waals surface area (Å²) in [7, 11) is 2.97. The van der Waals surface area contributed by atoms with Gasteiger partial charge < -0.3 is 14.6 Å². The number of methoxy groups -OCH3 is 2. The van der Waals surface area contributed by atoms with Gasteiger partial charge in [0.1, 0.15) is 17.3 Å². The number of rotatable bonds is 5. The van der Waals surface area contributed by atoms with E-state index in [1.807, 2.05) is 6.07 Å². The molecule has 2 aromatic carbocycles. The highest BCUT2D eigenvalue weighted by Crippen LogP contribution is 2.43. The molecule has 3 aromatic rings. The molecule has 0 aliphatic carbocycles. The average molecular weight is 416 g/mol. The number of ether oxygens (including phenoxy) is 2. The third kappa shape index (κ3) is 3.50. The Hall–Kier alpha value is -4.13. The molecule has 1 aliphatic rings. The van der Waals surface area contributed by atoms with Crippen LogP contribution in [0.1, 0.15) is 17.2 Å². The number of para-hydroxylation sites is 1. The maximum absolute atomic E-state index is 13.1. The van der Waals surface area contributed by atoms with Crippen LogP contribution >= 0.6 is 0 Å². The molecule has 0 radical (unpaired) electrons. The first kappa shape index (κ1) is 20.2. The van der Waals surface area contributed by atoms with Crippen LogP contribution in [-0.2, 0) is 9.59 Å². The van der Waals surface area contributed by atoms with Crippen LogP contribution in [0.15, 0.2) is 78.6 Å². The van der Waals surface area contributed by atoms with Gasteiger partial charge in [-0.2, -0.15) is 0 Å². The van der Waals surface area contributed by atoms with Crippen LogP contribution in [0.5, 0.6) is 11.5 Å². The molecule has 0 bridgehead atoms. The van der Waals surface area contributed by atoms with Crippen molar-refractivity contribution in [3.05, 3.63) is 89.8 Å². The number of hydrogen-bond acceptors (Lipinski definition) is 6. The summed E-state index contributed by atoms with van der Waals surface area (Å²) in [4.78, 5) is 31.7. The first-order valence-electron chi connectivity index (χ1n) is 9.55. The Bertz CT molecular complexity index is 1160. The van der Waals surface area contributed by atoms with E-state index < -0.39 is 17.7 Å². The molecule has 7 heteroatoms. The van der Waals surface area contributed by atoms with Crippen molar-refractivity contribution in [2.45, 2.75) is 6.04 Å². The number of ketones is 1. The fraction of sp³-hybridized carbons (Fsp3) is 0.125. The van der Waals surface area contributed by atoms with Crippen LogP contribution in [0.25, 0.3) is 5.76 Å². The lowest BCUT2D eigenvalue weighted by Gasteiger charge is -2.25. The summed E-state index contributed by atoms with van der Waals surface area (Å²) in [5, 5.41) is 11.2. The molecule has 2 heterocycles. The Kier molecular flexibility index (Phi) is 5.41. The molecule has 1 N–H and O–H groups in total. The number of amides is 1. The molecule has 1 fully saturated rings. The van der Waals surface area contributed by atoms with Crippen molar-refractivity contribution < 1.29 is 24.2 Å². The van der Waals surface area contributed by atoms with E-state index in [0.29, 0.717) is 22.7 Å². The van der Waals surface area contributed by atoms with E-state index in [1.165, 1.54) is 19.1 Å². The zero-order valence-electron chi connectivity index (χ0n) is 17.0. The minimum Gasteiger partial charge on any atom is -0.507 e. The Balaban J connectivity index is 1.95. The van der Waals surface area contributed by atoms with Gasteiger partial charge in [0, 0.05) is 24.1 Å². The number of carbonyl (C=O) groups excluding carboxylic acids is 2. The van der Waals surface area contributed by atoms with Crippen molar-refractivity contribution in [3.63, 3.8) is 0 Å². The van der Waals surface area contributed by atoms with Crippen molar-refractivity contribution in [2.75, 3.05) is 19.1 Å². The number of aromatic nitrogens is 1. The largest absolute Gasteiger partial charge is 0.507 e. The summed E-state index contributed by atoms with van der Waals surface area (Å²) in [6.07, 6.45) is 3.18. The maximum atomic E-state index is 13.1. The maximum Gasteiger partial charge on any atom is 0.300 e. The van der Waals surface area contributed by atoms with E-state index >= 15 is 0 Å². The highest BCUT2D eigenvalue weighted by atomic mass is 16.5. The molecular weight excluding hydrogens is 396 g/mol. The smallest absolute Gasteiger partial charge is 0.300 e. The summed E-state index contributed by atoms with van der Waals surface area (Å²) in [6, 6.07) is 16.3. The highest BCUT2D eigenvalue weighted by Gasteiger charge is 2.47. The number of benzene rings is 2. The van der Waals surface area contributed by atoms with Gasteiger partial charge in [-0.05, 0) is 35.9 Å². The Morgan fingerprint density at radius 3 is 2.42 bits per heavy atom. The predicted molar refractivity (Wildman–Crippen MR) is 115 cm³/mol. The standard InChI is InChI=1S/C24H20N2O5/c1-30-17-10-11-18(19(13-17)31-2)22(27)20-21(15-7-6-12-25-14-15)26(24(29)23(20)28)16-8-4-3-5-9-16/h3-14,21,27H,1-2H3/b22-20-. The van der Waals surface area contributed by atoms with Crippen molar-refractivity contribution in [2.24, 2.45) is 0 Å². The third-order valence-electron chi connectivity index (χ3n) is 5.14. The molecule has 1 unspecified atom stereocenters. The third-order valence-corrected chi connectivity index (χ3v) is 5.14. The van der Waals surface area contributed by atoms with Crippen LogP contribution in [0, 0.1) is 0 Å². The van der Waals surface area contributed by atoms with Crippen LogP contribution in [0.4, 0.5) is 5.69 Å². The lowest BCUT2D eigenvalue weighted by atomic mass is 9.95. The molecule has 0 spiro atoms. The van der Waals surface area contributed by atoms with Crippen LogP contribution in [0.2, 0.25) is 0 Å². The molecule has 1 saturated heterocycles. The van der Waals surface area contributed by atoms with Gasteiger partial charge in [0.05, 0.1) is 31.4 Å². The molecule has 31 heavy (non-hydrogen) atoms. The van der Waals surface area contributed by atoms with E-state index in [1.54, 1.807) is 67.0 Å². The van der Waals surface area contributed by atoms with E-state index in [0.717, 1.165) is 0 Å². The minimum atomic E-state index is -0.845. The van der Waals surface area contributed by atoms with Gasteiger partial charge in [0.2, 0.25) is 0 Å². The van der Waals surface area contributed by atoms with E-state index in [9.17, 15) is 14.7 Å². The molecule has 1 atom stereocenters. The van der Waals surface area contributed by atoms with Gasteiger partial charge in [-0.1, -0.05) is 24.3 Å². The molecule has 4 rings (SSSR count). The summed E-state index contributed by atoms with van der Waals surface area (Å²) < 4.78 is 10.6. The second kappa shape index (κ2) is 8.31. The molecule has 7 nitrogen and oxygen atoms in total. The van der Waals surface area contributed by atoms with E-state index in [-0.39, 0.29) is 16.9 Å². The number of nitrogens with zero attached hydrogens (tertiary/aromatic N) is 2. The highest BCUT2D eigenvalue weighted by molar-refractivity contribution is 6.51. The topological polar surface area (TPSA) is 89.0 Å². The molecular formula is C24H20N2O5.